The molecule has 1 aliphatic heterocycles. The molecule has 1 N–H and O–H groups in total. The van der Waals surface area contributed by atoms with Gasteiger partial charge in [0.25, 0.3) is 5.91 Å². The van der Waals surface area contributed by atoms with Crippen molar-refractivity contribution < 1.29 is 14.3 Å². The van der Waals surface area contributed by atoms with E-state index in [0.29, 0.717) is 25.3 Å². The molecule has 4 nitrogen and oxygen atoms in total. The highest BCUT2D eigenvalue weighted by atomic mass is 16.5. The van der Waals surface area contributed by atoms with Crippen LogP contribution in [-0.4, -0.2) is 38.4 Å². The van der Waals surface area contributed by atoms with Crippen LogP contribution in [0.4, 0.5) is 0 Å². The third-order valence-electron chi connectivity index (χ3n) is 3.36. The second-order valence-electron chi connectivity index (χ2n) is 5.19. The highest BCUT2D eigenvalue weighted by molar-refractivity contribution is 5.94. The van der Waals surface area contributed by atoms with Crippen LogP contribution in [0.2, 0.25) is 0 Å². The Morgan fingerprint density at radius 2 is 2.40 bits per heavy atom. The van der Waals surface area contributed by atoms with Crippen LogP contribution in [-0.2, 0) is 9.47 Å². The maximum absolute atomic E-state index is 11.9. The maximum atomic E-state index is 11.9. The van der Waals surface area contributed by atoms with Crippen molar-refractivity contribution in [3.8, 4) is 0 Å². The van der Waals surface area contributed by atoms with Crippen LogP contribution in [0.3, 0.4) is 0 Å². The van der Waals surface area contributed by atoms with Gasteiger partial charge in [0.1, 0.15) is 0 Å². The van der Waals surface area contributed by atoms with Crippen molar-refractivity contribution in [2.24, 2.45) is 0 Å². The zero-order chi connectivity index (χ0) is 14.2. The second kappa shape index (κ2) is 8.02. The Kier molecular flexibility index (Phi) is 6.02. The van der Waals surface area contributed by atoms with Crippen LogP contribution in [0.25, 0.3) is 0 Å². The number of aryl methyl sites for hydroxylation is 1. The van der Waals surface area contributed by atoms with E-state index in [2.05, 4.69) is 5.32 Å². The summed E-state index contributed by atoms with van der Waals surface area (Å²) in [6, 6.07) is 7.60. The molecule has 110 valence electrons. The molecule has 0 saturated carbocycles. The summed E-state index contributed by atoms with van der Waals surface area (Å²) in [7, 11) is 0. The fourth-order valence-corrected chi connectivity index (χ4v) is 2.26. The van der Waals surface area contributed by atoms with Crippen molar-refractivity contribution in [1.82, 2.24) is 5.32 Å². The SMILES string of the molecule is Cc1cccc(C(=O)NCCCOCC2CCCO2)c1. The number of ether oxygens (including phenoxy) is 2. The van der Waals surface area contributed by atoms with Gasteiger partial charge in [0.05, 0.1) is 12.7 Å². The first-order valence-corrected chi connectivity index (χ1v) is 7.30. The van der Waals surface area contributed by atoms with Crippen molar-refractivity contribution in [3.63, 3.8) is 0 Å². The van der Waals surface area contributed by atoms with E-state index < -0.39 is 0 Å². The molecule has 0 radical (unpaired) electrons. The zero-order valence-electron chi connectivity index (χ0n) is 12.1. The third kappa shape index (κ3) is 4.94. The quantitative estimate of drug-likeness (QED) is 0.778. The minimum absolute atomic E-state index is 0.0205. The van der Waals surface area contributed by atoms with E-state index in [-0.39, 0.29) is 12.0 Å². The van der Waals surface area contributed by atoms with E-state index >= 15 is 0 Å². The van der Waals surface area contributed by atoms with Gasteiger partial charge in [-0.3, -0.25) is 4.79 Å². The van der Waals surface area contributed by atoms with Gasteiger partial charge in [-0.15, -0.1) is 0 Å². The predicted molar refractivity (Wildman–Crippen MR) is 77.9 cm³/mol. The second-order valence-corrected chi connectivity index (χ2v) is 5.19. The Morgan fingerprint density at radius 3 is 3.15 bits per heavy atom. The average molecular weight is 277 g/mol. The van der Waals surface area contributed by atoms with E-state index in [4.69, 9.17) is 9.47 Å². The maximum Gasteiger partial charge on any atom is 0.251 e. The molecule has 1 aromatic rings. The van der Waals surface area contributed by atoms with Crippen molar-refractivity contribution in [3.05, 3.63) is 35.4 Å². The highest BCUT2D eigenvalue weighted by Gasteiger charge is 2.14. The molecule has 1 amide bonds. The summed E-state index contributed by atoms with van der Waals surface area (Å²) in [5.41, 5.74) is 1.81. The van der Waals surface area contributed by atoms with Crippen LogP contribution >= 0.6 is 0 Å². The molecule has 4 heteroatoms. The summed E-state index contributed by atoms with van der Waals surface area (Å²) in [4.78, 5) is 11.9. The molecule has 1 fully saturated rings. The molecule has 1 heterocycles. The predicted octanol–water partition coefficient (Wildman–Crippen LogP) is 2.31. The smallest absolute Gasteiger partial charge is 0.251 e. The summed E-state index contributed by atoms with van der Waals surface area (Å²) in [5.74, 6) is -0.0205. The van der Waals surface area contributed by atoms with Gasteiger partial charge in [0.2, 0.25) is 0 Å². The van der Waals surface area contributed by atoms with Gasteiger partial charge in [0.15, 0.2) is 0 Å². The van der Waals surface area contributed by atoms with Crippen molar-refractivity contribution in [2.75, 3.05) is 26.4 Å². The molecule has 1 atom stereocenters. The Labute approximate surface area is 120 Å². The van der Waals surface area contributed by atoms with Crippen LogP contribution in [0.1, 0.15) is 35.2 Å². The first-order valence-electron chi connectivity index (χ1n) is 7.30. The molecule has 1 aromatic carbocycles. The molecular weight excluding hydrogens is 254 g/mol. The first kappa shape index (κ1) is 15.0. The lowest BCUT2D eigenvalue weighted by molar-refractivity contribution is 0.0166. The van der Waals surface area contributed by atoms with Gasteiger partial charge in [-0.1, -0.05) is 17.7 Å². The molecule has 1 aliphatic rings. The summed E-state index contributed by atoms with van der Waals surface area (Å²) in [6.45, 7) is 4.81. The molecular formula is C16H23NO3. The van der Waals surface area contributed by atoms with Gasteiger partial charge in [-0.05, 0) is 38.3 Å². The summed E-state index contributed by atoms with van der Waals surface area (Å²) in [6.07, 6.45) is 3.34. The van der Waals surface area contributed by atoms with Gasteiger partial charge in [-0.25, -0.2) is 0 Å². The Balaban J connectivity index is 1.55. The van der Waals surface area contributed by atoms with Crippen molar-refractivity contribution >= 4 is 5.91 Å². The number of amides is 1. The molecule has 0 aliphatic carbocycles. The van der Waals surface area contributed by atoms with Gasteiger partial charge >= 0.3 is 0 Å². The van der Waals surface area contributed by atoms with Crippen LogP contribution < -0.4 is 5.32 Å². The van der Waals surface area contributed by atoms with Crippen LogP contribution in [0, 0.1) is 6.92 Å². The van der Waals surface area contributed by atoms with Gasteiger partial charge < -0.3 is 14.8 Å². The largest absolute Gasteiger partial charge is 0.379 e. The lowest BCUT2D eigenvalue weighted by Gasteiger charge is -2.10. The van der Waals surface area contributed by atoms with E-state index in [1.807, 2.05) is 31.2 Å². The minimum Gasteiger partial charge on any atom is -0.379 e. The van der Waals surface area contributed by atoms with Crippen molar-refractivity contribution in [2.45, 2.75) is 32.3 Å². The summed E-state index contributed by atoms with van der Waals surface area (Å²) < 4.78 is 11.0. The number of carbonyl (C=O) groups is 1. The monoisotopic (exact) mass is 277 g/mol. The molecule has 0 spiro atoms. The van der Waals surface area contributed by atoms with Crippen LogP contribution in [0.15, 0.2) is 24.3 Å². The number of hydrogen-bond donors (Lipinski definition) is 1. The lowest BCUT2D eigenvalue weighted by atomic mass is 10.1. The Bertz CT molecular complexity index is 427. The fourth-order valence-electron chi connectivity index (χ4n) is 2.26. The topological polar surface area (TPSA) is 47.6 Å². The summed E-state index contributed by atoms with van der Waals surface area (Å²) >= 11 is 0. The molecule has 20 heavy (non-hydrogen) atoms. The van der Waals surface area contributed by atoms with Crippen LogP contribution in [0.5, 0.6) is 0 Å². The standard InChI is InChI=1S/C16H23NO3/c1-13-5-2-6-14(11-13)16(18)17-8-4-9-19-12-15-7-3-10-20-15/h2,5-6,11,15H,3-4,7-10,12H2,1H3,(H,17,18). The molecule has 0 bridgehead atoms. The number of hydrogen-bond acceptors (Lipinski definition) is 3. The normalized spacial score (nSPS) is 18.1. The number of carbonyl (C=O) groups excluding carboxylic acids is 1. The summed E-state index contributed by atoms with van der Waals surface area (Å²) in [5, 5.41) is 2.90. The molecule has 2 rings (SSSR count). The van der Waals surface area contributed by atoms with E-state index in [1.54, 1.807) is 0 Å². The Morgan fingerprint density at radius 1 is 1.50 bits per heavy atom. The Hall–Kier alpha value is -1.39. The highest BCUT2D eigenvalue weighted by Crippen LogP contribution is 2.11. The molecule has 1 saturated heterocycles. The minimum atomic E-state index is -0.0205. The van der Waals surface area contributed by atoms with E-state index in [1.165, 1.54) is 0 Å². The number of rotatable bonds is 7. The van der Waals surface area contributed by atoms with Crippen molar-refractivity contribution in [1.29, 1.82) is 0 Å². The lowest BCUT2D eigenvalue weighted by Crippen LogP contribution is -2.25. The van der Waals surface area contributed by atoms with Gasteiger partial charge in [-0.2, -0.15) is 0 Å². The number of benzene rings is 1. The third-order valence-corrected chi connectivity index (χ3v) is 3.36. The average Bonchev–Trinajstić information content (AvgIpc) is 2.95. The van der Waals surface area contributed by atoms with E-state index in [9.17, 15) is 4.79 Å². The molecule has 1 unspecified atom stereocenters. The fraction of sp³-hybridized carbons (Fsp3) is 0.562. The molecule has 0 aromatic heterocycles. The van der Waals surface area contributed by atoms with E-state index in [0.717, 1.165) is 31.4 Å². The van der Waals surface area contributed by atoms with Gasteiger partial charge in [0, 0.05) is 25.3 Å². The first-order chi connectivity index (χ1) is 9.75. The zero-order valence-corrected chi connectivity index (χ0v) is 12.1. The number of nitrogens with one attached hydrogen (secondary N) is 1.